The van der Waals surface area contributed by atoms with Crippen molar-refractivity contribution in [2.75, 3.05) is 9.80 Å². The summed E-state index contributed by atoms with van der Waals surface area (Å²) in [6.45, 7) is 37.0. The van der Waals surface area contributed by atoms with Gasteiger partial charge in [-0.15, -0.1) is 0 Å². The van der Waals surface area contributed by atoms with Crippen LogP contribution >= 0.6 is 0 Å². The van der Waals surface area contributed by atoms with Gasteiger partial charge in [0.15, 0.2) is 0 Å². The number of aryl methyl sites for hydroxylation is 8. The maximum Gasteiger partial charge on any atom is 0.0714 e. The van der Waals surface area contributed by atoms with E-state index in [0.29, 0.717) is 0 Å². The zero-order valence-corrected chi connectivity index (χ0v) is 71.6. The van der Waals surface area contributed by atoms with Crippen LogP contribution in [0.15, 0.2) is 218 Å². The second kappa shape index (κ2) is 35.6. The molecule has 2 aliphatic carbocycles. The summed E-state index contributed by atoms with van der Waals surface area (Å²) in [5, 5.41) is 0. The van der Waals surface area contributed by atoms with Gasteiger partial charge >= 0.3 is 0 Å². The van der Waals surface area contributed by atoms with Crippen molar-refractivity contribution in [1.82, 2.24) is 0 Å². The molecule has 0 aromatic heterocycles. The summed E-state index contributed by atoms with van der Waals surface area (Å²) in [4.78, 5) is 5.00. The molecule has 0 unspecified atom stereocenters. The van der Waals surface area contributed by atoms with Crippen molar-refractivity contribution in [1.29, 1.82) is 0 Å². The first kappa shape index (κ1) is 81.0. The van der Waals surface area contributed by atoms with Crippen LogP contribution in [0.4, 0.5) is 34.1 Å². The third-order valence-corrected chi connectivity index (χ3v) is 25.5. The van der Waals surface area contributed by atoms with Gasteiger partial charge in [0.1, 0.15) is 0 Å². The second-order valence-electron chi connectivity index (χ2n) is 36.2. The molecule has 0 saturated heterocycles. The summed E-state index contributed by atoms with van der Waals surface area (Å²) in [6.07, 6.45) is 29.9. The lowest BCUT2D eigenvalue weighted by molar-refractivity contribution is 0.398. The molecule has 0 heterocycles. The average Bonchev–Trinajstić information content (AvgIpc) is 1.53. The number of unbranched alkanes of at least 4 members (excludes halogenated alkanes) is 16. The first-order chi connectivity index (χ1) is 54.1. The normalized spacial score (nSPS) is 13.3. The first-order valence-corrected chi connectivity index (χ1v) is 44.0. The van der Waals surface area contributed by atoms with E-state index in [2.05, 4.69) is 339 Å². The SMILES string of the molecule is CCCCCCCCC1(CCCCCCCC)c2cc(-c3ccc(N(c4ccc(N(c5ccc(C)cc5)c5c(C)cc(C(C)(C)C)cc5C)cc4)c4c(C)cc(C(C)(C)C)cc4C)cc3)ccc2-c2ccc(-c3ccc4c(c3)C(c3cccc(CCCCCC)c3)(c3cccc(CCCCCC)c3)c3cc(C)ccc3-4)cc21. The van der Waals surface area contributed by atoms with Gasteiger partial charge in [-0.05, 0) is 280 Å². The summed E-state index contributed by atoms with van der Waals surface area (Å²) < 4.78 is 0. The minimum Gasteiger partial charge on any atom is -0.310 e. The minimum absolute atomic E-state index is 0.00780. The van der Waals surface area contributed by atoms with E-state index in [1.54, 1.807) is 5.56 Å². The van der Waals surface area contributed by atoms with Crippen LogP contribution < -0.4 is 9.80 Å². The molecule has 0 fully saturated rings. The first-order valence-electron chi connectivity index (χ1n) is 44.0. The molecule has 11 aromatic carbocycles. The summed E-state index contributed by atoms with van der Waals surface area (Å²) in [6, 6.07) is 87.9. The molecule has 0 radical (unpaired) electrons. The lowest BCUT2D eigenvalue weighted by Crippen LogP contribution is -2.29. The highest BCUT2D eigenvalue weighted by Crippen LogP contribution is 2.60. The fraction of sp³-hybridized carbons (Fsp3) is 0.400. The quantitative estimate of drug-likeness (QED) is 0.0371. The number of nitrogens with zero attached hydrogens (tertiary/aromatic N) is 2. The van der Waals surface area contributed by atoms with Gasteiger partial charge in [-0.3, -0.25) is 0 Å². The molecule has 0 bridgehead atoms. The fourth-order valence-electron chi connectivity index (χ4n) is 19.3. The third kappa shape index (κ3) is 17.1. The Morgan fingerprint density at radius 3 is 0.991 bits per heavy atom. The van der Waals surface area contributed by atoms with Gasteiger partial charge in [-0.25, -0.2) is 0 Å². The van der Waals surface area contributed by atoms with Crippen LogP contribution in [0.2, 0.25) is 0 Å². The van der Waals surface area contributed by atoms with Gasteiger partial charge in [0.05, 0.1) is 16.8 Å². The van der Waals surface area contributed by atoms with Gasteiger partial charge in [-0.2, -0.15) is 0 Å². The molecule has 11 aromatic rings. The van der Waals surface area contributed by atoms with E-state index in [1.165, 1.54) is 268 Å². The molecule has 0 N–H and O–H groups in total. The molecular weight excluding hydrogens is 1350 g/mol. The Kier molecular flexibility index (Phi) is 25.8. The Balaban J connectivity index is 0.925. The molecule has 112 heavy (non-hydrogen) atoms. The molecule has 0 amide bonds. The molecular formula is C110H132N2. The minimum atomic E-state index is -0.505. The summed E-state index contributed by atoms with van der Waals surface area (Å²) in [5.41, 5.74) is 39.1. The van der Waals surface area contributed by atoms with Crippen molar-refractivity contribution in [3.63, 3.8) is 0 Å². The van der Waals surface area contributed by atoms with E-state index in [1.807, 2.05) is 0 Å². The van der Waals surface area contributed by atoms with Gasteiger partial charge in [0.25, 0.3) is 0 Å². The molecule has 0 spiro atoms. The zero-order valence-electron chi connectivity index (χ0n) is 71.6. The highest BCUT2D eigenvalue weighted by atomic mass is 15.2. The lowest BCUT2D eigenvalue weighted by atomic mass is 9.66. The van der Waals surface area contributed by atoms with Crippen molar-refractivity contribution in [3.05, 3.63) is 307 Å². The van der Waals surface area contributed by atoms with E-state index >= 15 is 0 Å². The van der Waals surface area contributed by atoms with Crippen LogP contribution in [-0.4, -0.2) is 0 Å². The summed E-state index contributed by atoms with van der Waals surface area (Å²) in [5.74, 6) is 0. The standard InChI is InChI=1S/C110H132N2/c1-17-21-25-29-31-35-65-109(66-36-32-30-26-22-18-2)101-74-86(85-48-55-94(56-49-85)112(106-81(9)70-92(71-82(106)10)108(14,15)16)96-59-57-95(58-60-96)111(93-53-45-77(5)46-54-93)105-79(7)68-91(69-80(105)8)107(11,12)13)50-62-97(101)98-63-51-87(75-102(98)109)88-52-64-100-99-61-47-78(6)67-103(99)110(104(100)76-88,89-43-37-41-83(72-89)39-33-27-23-19-3)90-44-38-42-84(73-90)40-34-28-24-20-4/h37-38,41-64,67-76H,17-36,39-40,65-66H2,1-16H3. The Bertz CT molecular complexity index is 4900. The van der Waals surface area contributed by atoms with E-state index in [4.69, 9.17) is 0 Å². The number of hydrogen-bond donors (Lipinski definition) is 0. The smallest absolute Gasteiger partial charge is 0.0714 e. The highest BCUT2D eigenvalue weighted by molar-refractivity contribution is 5.92. The molecule has 2 aliphatic rings. The van der Waals surface area contributed by atoms with Crippen LogP contribution in [-0.2, 0) is 34.5 Å². The third-order valence-electron chi connectivity index (χ3n) is 25.5. The number of benzene rings is 11. The molecule has 0 aliphatic heterocycles. The predicted molar refractivity (Wildman–Crippen MR) is 488 cm³/mol. The van der Waals surface area contributed by atoms with E-state index in [0.717, 1.165) is 48.4 Å². The zero-order chi connectivity index (χ0) is 78.9. The van der Waals surface area contributed by atoms with Crippen LogP contribution in [0.1, 0.15) is 300 Å². The van der Waals surface area contributed by atoms with Gasteiger partial charge in [0, 0.05) is 28.2 Å². The highest BCUT2D eigenvalue weighted by Gasteiger charge is 2.48. The van der Waals surface area contributed by atoms with Gasteiger partial charge < -0.3 is 9.80 Å². The Morgan fingerprint density at radius 2 is 0.589 bits per heavy atom. The number of fused-ring (bicyclic) bond motifs is 6. The van der Waals surface area contributed by atoms with Crippen molar-refractivity contribution in [3.8, 4) is 44.5 Å². The Labute approximate surface area is 678 Å². The van der Waals surface area contributed by atoms with E-state index < -0.39 is 5.41 Å². The Hall–Kier alpha value is -8.98. The Morgan fingerprint density at radius 1 is 0.277 bits per heavy atom. The molecule has 0 atom stereocenters. The largest absolute Gasteiger partial charge is 0.310 e. The number of anilines is 6. The maximum absolute atomic E-state index is 2.72. The fourth-order valence-corrected chi connectivity index (χ4v) is 19.3. The van der Waals surface area contributed by atoms with E-state index in [9.17, 15) is 0 Å². The van der Waals surface area contributed by atoms with Crippen LogP contribution in [0.5, 0.6) is 0 Å². The molecule has 0 saturated carbocycles. The molecule has 582 valence electrons. The van der Waals surface area contributed by atoms with E-state index in [-0.39, 0.29) is 16.2 Å². The van der Waals surface area contributed by atoms with Gasteiger partial charge in [-0.1, -0.05) is 348 Å². The average molecular weight is 1480 g/mol. The van der Waals surface area contributed by atoms with Gasteiger partial charge in [0.2, 0.25) is 0 Å². The van der Waals surface area contributed by atoms with Crippen molar-refractivity contribution in [2.24, 2.45) is 0 Å². The predicted octanol–water partition coefficient (Wildman–Crippen LogP) is 32.8. The molecule has 2 heteroatoms. The van der Waals surface area contributed by atoms with Crippen molar-refractivity contribution in [2.45, 2.75) is 287 Å². The second-order valence-corrected chi connectivity index (χ2v) is 36.2. The topological polar surface area (TPSA) is 6.48 Å². The monoisotopic (exact) mass is 1480 g/mol. The van der Waals surface area contributed by atoms with Crippen molar-refractivity contribution >= 4 is 34.1 Å². The number of hydrogen-bond acceptors (Lipinski definition) is 2. The van der Waals surface area contributed by atoms with Crippen molar-refractivity contribution < 1.29 is 0 Å². The number of rotatable bonds is 34. The molecule has 13 rings (SSSR count). The van der Waals surface area contributed by atoms with Crippen LogP contribution in [0, 0.1) is 41.5 Å². The maximum atomic E-state index is 2.72. The van der Waals surface area contributed by atoms with Crippen LogP contribution in [0.3, 0.4) is 0 Å². The summed E-state index contributed by atoms with van der Waals surface area (Å²) in [7, 11) is 0. The van der Waals surface area contributed by atoms with Crippen LogP contribution in [0.25, 0.3) is 44.5 Å². The lowest BCUT2D eigenvalue weighted by Gasteiger charge is -2.35. The molecule has 2 nitrogen and oxygen atoms in total. The summed E-state index contributed by atoms with van der Waals surface area (Å²) >= 11 is 0.